The van der Waals surface area contributed by atoms with Gasteiger partial charge >= 0.3 is 0 Å². The summed E-state index contributed by atoms with van der Waals surface area (Å²) in [7, 11) is 0. The maximum atomic E-state index is 12.1. The molecule has 1 aliphatic rings. The highest BCUT2D eigenvalue weighted by Crippen LogP contribution is 2.35. The number of halogens is 1. The maximum Gasteiger partial charge on any atom is 0.265 e. The predicted molar refractivity (Wildman–Crippen MR) is 82.7 cm³/mol. The van der Waals surface area contributed by atoms with Crippen molar-refractivity contribution >= 4 is 23.2 Å². The van der Waals surface area contributed by atoms with E-state index in [-0.39, 0.29) is 12.7 Å². The maximum absolute atomic E-state index is 12.1. The Labute approximate surface area is 132 Å². The molecule has 0 fully saturated rings. The van der Waals surface area contributed by atoms with Crippen LogP contribution in [0.25, 0.3) is 0 Å². The number of fused-ring (bicyclic) bond motifs is 1. The second-order valence-corrected chi connectivity index (χ2v) is 5.21. The SMILES string of the molecule is C[C@H](Oc1ccc2c(c1)OCO2)C(=O)Nc1ccc(Cl)cc1. The molecule has 3 rings (SSSR count). The minimum atomic E-state index is -0.656. The quantitative estimate of drug-likeness (QED) is 0.937. The molecule has 1 heterocycles. The first-order valence-electron chi connectivity index (χ1n) is 6.74. The molecule has 6 heteroatoms. The number of carbonyl (C=O) groups is 1. The fourth-order valence-electron chi connectivity index (χ4n) is 1.98. The summed E-state index contributed by atoms with van der Waals surface area (Å²) < 4.78 is 16.1. The molecule has 1 amide bonds. The second kappa shape index (κ2) is 6.15. The van der Waals surface area contributed by atoms with Crippen LogP contribution in [0.5, 0.6) is 17.2 Å². The van der Waals surface area contributed by atoms with Gasteiger partial charge in [-0.3, -0.25) is 4.79 Å². The Morgan fingerprint density at radius 3 is 2.68 bits per heavy atom. The standard InChI is InChI=1S/C16H14ClNO4/c1-10(16(19)18-12-4-2-11(17)3-5-12)22-13-6-7-14-15(8-13)21-9-20-14/h2-8,10H,9H2,1H3,(H,18,19)/t10-/m0/s1. The molecule has 1 aliphatic heterocycles. The number of benzene rings is 2. The zero-order valence-electron chi connectivity index (χ0n) is 11.8. The lowest BCUT2D eigenvalue weighted by Gasteiger charge is -2.15. The Morgan fingerprint density at radius 1 is 1.18 bits per heavy atom. The van der Waals surface area contributed by atoms with E-state index in [0.29, 0.717) is 28.0 Å². The normalized spacial score (nSPS) is 13.5. The summed E-state index contributed by atoms with van der Waals surface area (Å²) in [6.45, 7) is 1.88. The summed E-state index contributed by atoms with van der Waals surface area (Å²) in [5.74, 6) is 1.58. The van der Waals surface area contributed by atoms with E-state index in [9.17, 15) is 4.79 Å². The minimum Gasteiger partial charge on any atom is -0.481 e. The zero-order valence-corrected chi connectivity index (χ0v) is 12.6. The lowest BCUT2D eigenvalue weighted by Crippen LogP contribution is -2.30. The number of amides is 1. The van der Waals surface area contributed by atoms with Gasteiger partial charge in [-0.05, 0) is 43.3 Å². The van der Waals surface area contributed by atoms with Crippen LogP contribution in [0, 0.1) is 0 Å². The molecule has 0 aromatic heterocycles. The van der Waals surface area contributed by atoms with Crippen LogP contribution in [0.15, 0.2) is 42.5 Å². The molecule has 2 aromatic carbocycles. The van der Waals surface area contributed by atoms with Gasteiger partial charge in [0.25, 0.3) is 5.91 Å². The van der Waals surface area contributed by atoms with Gasteiger partial charge in [-0.15, -0.1) is 0 Å². The van der Waals surface area contributed by atoms with Crippen molar-refractivity contribution in [2.45, 2.75) is 13.0 Å². The summed E-state index contributed by atoms with van der Waals surface area (Å²) in [6, 6.07) is 12.1. The molecule has 0 radical (unpaired) electrons. The summed E-state index contributed by atoms with van der Waals surface area (Å²) in [5, 5.41) is 3.38. The van der Waals surface area contributed by atoms with E-state index in [0.717, 1.165) is 0 Å². The molecule has 22 heavy (non-hydrogen) atoms. The van der Waals surface area contributed by atoms with E-state index in [1.165, 1.54) is 0 Å². The number of hydrogen-bond donors (Lipinski definition) is 1. The Hall–Kier alpha value is -2.40. The number of anilines is 1. The zero-order chi connectivity index (χ0) is 15.5. The molecule has 0 unspecified atom stereocenters. The van der Waals surface area contributed by atoms with Crippen molar-refractivity contribution in [3.05, 3.63) is 47.5 Å². The largest absolute Gasteiger partial charge is 0.481 e. The molecule has 0 saturated heterocycles. The van der Waals surface area contributed by atoms with Gasteiger partial charge in [0.1, 0.15) is 5.75 Å². The van der Waals surface area contributed by atoms with Gasteiger partial charge < -0.3 is 19.5 Å². The van der Waals surface area contributed by atoms with Crippen molar-refractivity contribution in [2.24, 2.45) is 0 Å². The van der Waals surface area contributed by atoms with E-state index in [1.807, 2.05) is 0 Å². The molecule has 2 aromatic rings. The van der Waals surface area contributed by atoms with Crippen molar-refractivity contribution < 1.29 is 19.0 Å². The average molecular weight is 320 g/mol. The van der Waals surface area contributed by atoms with Crippen molar-refractivity contribution in [1.82, 2.24) is 0 Å². The summed E-state index contributed by atoms with van der Waals surface area (Å²) in [4.78, 5) is 12.1. The van der Waals surface area contributed by atoms with Gasteiger partial charge in [-0.2, -0.15) is 0 Å². The summed E-state index contributed by atoms with van der Waals surface area (Å²) in [5.41, 5.74) is 0.663. The van der Waals surface area contributed by atoms with E-state index < -0.39 is 6.10 Å². The van der Waals surface area contributed by atoms with E-state index in [2.05, 4.69) is 5.32 Å². The number of nitrogens with one attached hydrogen (secondary N) is 1. The van der Waals surface area contributed by atoms with Crippen LogP contribution in [0.2, 0.25) is 5.02 Å². The Morgan fingerprint density at radius 2 is 1.91 bits per heavy atom. The van der Waals surface area contributed by atoms with Crippen LogP contribution in [0.3, 0.4) is 0 Å². The monoisotopic (exact) mass is 319 g/mol. The van der Waals surface area contributed by atoms with Crippen molar-refractivity contribution in [2.75, 3.05) is 12.1 Å². The highest BCUT2D eigenvalue weighted by atomic mass is 35.5. The smallest absolute Gasteiger partial charge is 0.265 e. The van der Waals surface area contributed by atoms with Crippen LogP contribution in [0.4, 0.5) is 5.69 Å². The third kappa shape index (κ3) is 3.26. The number of rotatable bonds is 4. The highest BCUT2D eigenvalue weighted by Gasteiger charge is 2.18. The third-order valence-electron chi connectivity index (χ3n) is 3.14. The molecule has 0 saturated carbocycles. The minimum absolute atomic E-state index is 0.200. The molecule has 0 bridgehead atoms. The van der Waals surface area contributed by atoms with Crippen molar-refractivity contribution in [1.29, 1.82) is 0 Å². The number of ether oxygens (including phenoxy) is 3. The molecular formula is C16H14ClNO4. The van der Waals surface area contributed by atoms with E-state index >= 15 is 0 Å². The van der Waals surface area contributed by atoms with Gasteiger partial charge in [0.15, 0.2) is 17.6 Å². The van der Waals surface area contributed by atoms with Crippen molar-refractivity contribution in [3.63, 3.8) is 0 Å². The Bertz CT molecular complexity index is 687. The summed E-state index contributed by atoms with van der Waals surface area (Å²) >= 11 is 5.81. The van der Waals surface area contributed by atoms with Crippen LogP contribution in [-0.4, -0.2) is 18.8 Å². The fourth-order valence-corrected chi connectivity index (χ4v) is 2.11. The van der Waals surface area contributed by atoms with Crippen LogP contribution in [0.1, 0.15) is 6.92 Å². The van der Waals surface area contributed by atoms with Crippen LogP contribution >= 0.6 is 11.6 Å². The van der Waals surface area contributed by atoms with Crippen LogP contribution < -0.4 is 19.5 Å². The summed E-state index contributed by atoms with van der Waals surface area (Å²) in [6.07, 6.45) is -0.656. The topological polar surface area (TPSA) is 56.8 Å². The molecular weight excluding hydrogens is 306 g/mol. The predicted octanol–water partition coefficient (Wildman–Crippen LogP) is 3.47. The Balaban J connectivity index is 1.62. The molecule has 1 N–H and O–H groups in total. The third-order valence-corrected chi connectivity index (χ3v) is 3.39. The molecule has 0 spiro atoms. The average Bonchev–Trinajstić information content (AvgIpc) is 2.97. The Kier molecular flexibility index (Phi) is 4.06. The fraction of sp³-hybridized carbons (Fsp3) is 0.188. The molecule has 1 atom stereocenters. The molecule has 0 aliphatic carbocycles. The first-order valence-corrected chi connectivity index (χ1v) is 7.12. The number of carbonyl (C=O) groups excluding carboxylic acids is 1. The number of hydrogen-bond acceptors (Lipinski definition) is 4. The first kappa shape index (κ1) is 14.5. The lowest BCUT2D eigenvalue weighted by atomic mass is 10.2. The van der Waals surface area contributed by atoms with Gasteiger partial charge in [0.05, 0.1) is 0 Å². The highest BCUT2D eigenvalue weighted by molar-refractivity contribution is 6.30. The second-order valence-electron chi connectivity index (χ2n) is 4.77. The molecule has 5 nitrogen and oxygen atoms in total. The molecule has 114 valence electrons. The van der Waals surface area contributed by atoms with Gasteiger partial charge in [0.2, 0.25) is 6.79 Å². The van der Waals surface area contributed by atoms with Gasteiger partial charge in [-0.25, -0.2) is 0 Å². The van der Waals surface area contributed by atoms with Gasteiger partial charge in [0, 0.05) is 16.8 Å². The first-order chi connectivity index (χ1) is 10.6. The lowest BCUT2D eigenvalue weighted by molar-refractivity contribution is -0.122. The van der Waals surface area contributed by atoms with Crippen LogP contribution in [-0.2, 0) is 4.79 Å². The van der Waals surface area contributed by atoms with E-state index in [4.69, 9.17) is 25.8 Å². The van der Waals surface area contributed by atoms with Crippen molar-refractivity contribution in [3.8, 4) is 17.2 Å². The van der Waals surface area contributed by atoms with E-state index in [1.54, 1.807) is 49.4 Å². The van der Waals surface area contributed by atoms with Gasteiger partial charge in [-0.1, -0.05) is 11.6 Å².